The molecule has 4 heterocycles. The summed E-state index contributed by atoms with van der Waals surface area (Å²) in [7, 11) is 0. The van der Waals surface area contributed by atoms with Gasteiger partial charge in [0, 0.05) is 19.2 Å². The lowest BCUT2D eigenvalue weighted by molar-refractivity contribution is 0.0945. The SMILES string of the molecule is Cc1ccc(-c2cc(C(=O)NCc3cccc(N4CCOCC4)n3)n[nH]2)o1. The smallest absolute Gasteiger partial charge is 0.272 e. The highest BCUT2D eigenvalue weighted by Gasteiger charge is 2.15. The number of carbonyl (C=O) groups is 1. The van der Waals surface area contributed by atoms with Crippen LogP contribution in [0.5, 0.6) is 0 Å². The van der Waals surface area contributed by atoms with Crippen molar-refractivity contribution in [2.75, 3.05) is 31.2 Å². The van der Waals surface area contributed by atoms with Crippen LogP contribution in [0.25, 0.3) is 11.5 Å². The molecule has 3 aromatic rings. The lowest BCUT2D eigenvalue weighted by atomic mass is 10.3. The van der Waals surface area contributed by atoms with Crippen LogP contribution < -0.4 is 10.2 Å². The van der Waals surface area contributed by atoms with Gasteiger partial charge in [0.2, 0.25) is 0 Å². The number of rotatable bonds is 5. The molecule has 0 radical (unpaired) electrons. The molecule has 27 heavy (non-hydrogen) atoms. The van der Waals surface area contributed by atoms with Crippen molar-refractivity contribution >= 4 is 11.7 Å². The predicted octanol–water partition coefficient (Wildman–Crippen LogP) is 2.14. The number of amides is 1. The quantitative estimate of drug-likeness (QED) is 0.717. The van der Waals surface area contributed by atoms with Crippen molar-refractivity contribution < 1.29 is 13.9 Å². The third-order valence-electron chi connectivity index (χ3n) is 4.37. The van der Waals surface area contributed by atoms with E-state index in [1.54, 1.807) is 6.07 Å². The van der Waals surface area contributed by atoms with E-state index in [1.807, 2.05) is 37.3 Å². The topological polar surface area (TPSA) is 96.3 Å². The summed E-state index contributed by atoms with van der Waals surface area (Å²) in [6.07, 6.45) is 0. The second-order valence-corrected chi connectivity index (χ2v) is 6.35. The number of H-pyrrole nitrogens is 1. The first kappa shape index (κ1) is 17.3. The van der Waals surface area contributed by atoms with E-state index in [-0.39, 0.29) is 5.91 Å². The molecule has 1 aliphatic rings. The Labute approximate surface area is 156 Å². The monoisotopic (exact) mass is 367 g/mol. The molecule has 140 valence electrons. The fourth-order valence-electron chi connectivity index (χ4n) is 2.94. The molecule has 8 nitrogen and oxygen atoms in total. The van der Waals surface area contributed by atoms with Gasteiger partial charge in [-0.3, -0.25) is 9.89 Å². The van der Waals surface area contributed by atoms with Crippen LogP contribution in [0, 0.1) is 6.92 Å². The minimum absolute atomic E-state index is 0.264. The Hall–Kier alpha value is -3.13. The third-order valence-corrected chi connectivity index (χ3v) is 4.37. The molecular formula is C19H21N5O3. The standard InChI is InChI=1S/C19H21N5O3/c1-13-5-6-17(27-13)15-11-16(23-22-15)19(25)20-12-14-3-2-4-18(21-14)24-7-9-26-10-8-24/h2-6,11H,7-10,12H2,1H3,(H,20,25)(H,22,23). The molecule has 1 aliphatic heterocycles. The Morgan fingerprint density at radius 2 is 2.11 bits per heavy atom. The summed E-state index contributed by atoms with van der Waals surface area (Å²) in [6.45, 7) is 5.26. The van der Waals surface area contributed by atoms with E-state index in [1.165, 1.54) is 0 Å². The average Bonchev–Trinajstić information content (AvgIpc) is 3.36. The van der Waals surface area contributed by atoms with Gasteiger partial charge in [-0.15, -0.1) is 0 Å². The van der Waals surface area contributed by atoms with Gasteiger partial charge >= 0.3 is 0 Å². The summed E-state index contributed by atoms with van der Waals surface area (Å²) in [6, 6.07) is 11.2. The van der Waals surface area contributed by atoms with E-state index in [2.05, 4.69) is 25.4 Å². The lowest BCUT2D eigenvalue weighted by Crippen LogP contribution is -2.37. The van der Waals surface area contributed by atoms with Crippen molar-refractivity contribution in [3.8, 4) is 11.5 Å². The van der Waals surface area contributed by atoms with E-state index in [9.17, 15) is 4.79 Å². The number of morpholine rings is 1. The van der Waals surface area contributed by atoms with Gasteiger partial charge in [0.05, 0.1) is 25.5 Å². The van der Waals surface area contributed by atoms with Crippen LogP contribution in [0.1, 0.15) is 21.9 Å². The maximum atomic E-state index is 12.4. The average molecular weight is 367 g/mol. The Morgan fingerprint density at radius 3 is 2.89 bits per heavy atom. The van der Waals surface area contributed by atoms with Crippen LogP contribution >= 0.6 is 0 Å². The molecular weight excluding hydrogens is 346 g/mol. The highest BCUT2D eigenvalue weighted by molar-refractivity contribution is 5.93. The van der Waals surface area contributed by atoms with E-state index in [0.29, 0.717) is 36.9 Å². The first-order valence-electron chi connectivity index (χ1n) is 8.88. The van der Waals surface area contributed by atoms with Gasteiger partial charge in [-0.25, -0.2) is 4.98 Å². The normalized spacial score (nSPS) is 14.3. The predicted molar refractivity (Wildman–Crippen MR) is 99.5 cm³/mol. The first-order valence-corrected chi connectivity index (χ1v) is 8.88. The minimum Gasteiger partial charge on any atom is -0.460 e. The zero-order valence-electron chi connectivity index (χ0n) is 15.1. The lowest BCUT2D eigenvalue weighted by Gasteiger charge is -2.28. The molecule has 0 bridgehead atoms. The molecule has 0 aromatic carbocycles. The molecule has 0 unspecified atom stereocenters. The summed E-state index contributed by atoms with van der Waals surface area (Å²) < 4.78 is 10.9. The number of furan rings is 1. The van der Waals surface area contributed by atoms with Crippen LogP contribution in [0.3, 0.4) is 0 Å². The van der Waals surface area contributed by atoms with Gasteiger partial charge in [0.15, 0.2) is 11.5 Å². The zero-order chi connectivity index (χ0) is 18.6. The van der Waals surface area contributed by atoms with Crippen molar-refractivity contribution in [2.45, 2.75) is 13.5 Å². The number of pyridine rings is 1. The Bertz CT molecular complexity index is 927. The number of aromatic amines is 1. The van der Waals surface area contributed by atoms with E-state index in [0.717, 1.165) is 30.4 Å². The summed E-state index contributed by atoms with van der Waals surface area (Å²) in [5.41, 5.74) is 1.77. The van der Waals surface area contributed by atoms with Crippen molar-refractivity contribution in [1.29, 1.82) is 0 Å². The number of carbonyl (C=O) groups excluding carboxylic acids is 1. The second kappa shape index (κ2) is 7.63. The number of nitrogens with zero attached hydrogens (tertiary/aromatic N) is 3. The Kier molecular flexibility index (Phi) is 4.88. The molecule has 1 fully saturated rings. The van der Waals surface area contributed by atoms with Crippen LogP contribution in [0.4, 0.5) is 5.82 Å². The first-order chi connectivity index (χ1) is 13.2. The van der Waals surface area contributed by atoms with Gasteiger partial charge in [0.1, 0.15) is 17.3 Å². The zero-order valence-corrected chi connectivity index (χ0v) is 15.1. The summed E-state index contributed by atoms with van der Waals surface area (Å²) in [5, 5.41) is 9.75. The number of aromatic nitrogens is 3. The Balaban J connectivity index is 1.38. The number of hydrogen-bond acceptors (Lipinski definition) is 6. The number of aryl methyl sites for hydroxylation is 1. The molecule has 0 aliphatic carbocycles. The number of hydrogen-bond donors (Lipinski definition) is 2. The maximum absolute atomic E-state index is 12.4. The van der Waals surface area contributed by atoms with Crippen molar-refractivity contribution in [2.24, 2.45) is 0 Å². The third kappa shape index (κ3) is 4.01. The summed E-state index contributed by atoms with van der Waals surface area (Å²) in [5.74, 6) is 2.09. The molecule has 3 aromatic heterocycles. The van der Waals surface area contributed by atoms with Gasteiger partial charge in [-0.05, 0) is 31.2 Å². The van der Waals surface area contributed by atoms with E-state index >= 15 is 0 Å². The molecule has 4 rings (SSSR count). The number of ether oxygens (including phenoxy) is 1. The van der Waals surface area contributed by atoms with E-state index in [4.69, 9.17) is 9.15 Å². The maximum Gasteiger partial charge on any atom is 0.272 e. The van der Waals surface area contributed by atoms with Gasteiger partial charge in [0.25, 0.3) is 5.91 Å². The Morgan fingerprint density at radius 1 is 1.26 bits per heavy atom. The molecule has 1 saturated heterocycles. The number of anilines is 1. The van der Waals surface area contributed by atoms with Crippen molar-refractivity contribution in [3.05, 3.63) is 53.5 Å². The summed E-state index contributed by atoms with van der Waals surface area (Å²) >= 11 is 0. The fourth-order valence-corrected chi connectivity index (χ4v) is 2.94. The molecule has 0 atom stereocenters. The van der Waals surface area contributed by atoms with Crippen LogP contribution in [-0.2, 0) is 11.3 Å². The highest BCUT2D eigenvalue weighted by Crippen LogP contribution is 2.20. The number of nitrogens with one attached hydrogen (secondary N) is 2. The van der Waals surface area contributed by atoms with Crippen molar-refractivity contribution in [1.82, 2.24) is 20.5 Å². The molecule has 1 amide bonds. The second-order valence-electron chi connectivity index (χ2n) is 6.35. The van der Waals surface area contributed by atoms with Gasteiger partial charge in [-0.1, -0.05) is 6.07 Å². The van der Waals surface area contributed by atoms with Crippen molar-refractivity contribution in [3.63, 3.8) is 0 Å². The van der Waals surface area contributed by atoms with Gasteiger partial charge < -0.3 is 19.4 Å². The molecule has 0 saturated carbocycles. The molecule has 8 heteroatoms. The molecule has 2 N–H and O–H groups in total. The summed E-state index contributed by atoms with van der Waals surface area (Å²) in [4.78, 5) is 19.2. The van der Waals surface area contributed by atoms with Crippen LogP contribution in [-0.4, -0.2) is 47.4 Å². The highest BCUT2D eigenvalue weighted by atomic mass is 16.5. The largest absolute Gasteiger partial charge is 0.460 e. The van der Waals surface area contributed by atoms with Crippen LogP contribution in [0.15, 0.2) is 40.8 Å². The molecule has 0 spiro atoms. The van der Waals surface area contributed by atoms with Crippen LogP contribution in [0.2, 0.25) is 0 Å². The fraction of sp³-hybridized carbons (Fsp3) is 0.316. The minimum atomic E-state index is -0.264. The van der Waals surface area contributed by atoms with E-state index < -0.39 is 0 Å². The van der Waals surface area contributed by atoms with Gasteiger partial charge in [-0.2, -0.15) is 5.10 Å².